The maximum absolute atomic E-state index is 12.9. The summed E-state index contributed by atoms with van der Waals surface area (Å²) in [4.78, 5) is 36.4. The highest BCUT2D eigenvalue weighted by Gasteiger charge is 2.83. The topological polar surface area (TPSA) is 84.0 Å². The van der Waals surface area contributed by atoms with Gasteiger partial charge in [0.15, 0.2) is 11.4 Å². The number of carbonyl (C=O) groups excluding carboxylic acids is 2. The van der Waals surface area contributed by atoms with Gasteiger partial charge in [0.25, 0.3) is 0 Å². The molecule has 5 atom stereocenters. The Bertz CT molecular complexity index is 526. The standard InChI is InChI=1S/C15H20O5/c1-8(12(18)19)9-4-6-13(2)10(16)5-7-14(3)15(13,20-14)11(9)17/h8-9H,4-7H2,1-3H3,(H,18,19)/t8-,9-,13-,14+,15-/m0/s1. The lowest BCUT2D eigenvalue weighted by atomic mass is 9.52. The number of carbonyl (C=O) groups is 3. The van der Waals surface area contributed by atoms with Crippen LogP contribution in [0.25, 0.3) is 0 Å². The zero-order valence-electron chi connectivity index (χ0n) is 12.1. The average molecular weight is 280 g/mol. The number of rotatable bonds is 2. The number of aliphatic carboxylic acids is 1. The summed E-state index contributed by atoms with van der Waals surface area (Å²) in [5.41, 5.74) is -2.42. The molecule has 3 rings (SSSR count). The molecule has 1 saturated heterocycles. The van der Waals surface area contributed by atoms with Crippen molar-refractivity contribution < 1.29 is 24.2 Å². The van der Waals surface area contributed by atoms with Crippen LogP contribution >= 0.6 is 0 Å². The Morgan fingerprint density at radius 2 is 2.00 bits per heavy atom. The average Bonchev–Trinajstić information content (AvgIpc) is 3.02. The van der Waals surface area contributed by atoms with Crippen molar-refractivity contribution in [3.8, 4) is 0 Å². The van der Waals surface area contributed by atoms with Crippen molar-refractivity contribution in [2.45, 2.75) is 57.7 Å². The van der Waals surface area contributed by atoms with Crippen LogP contribution in [0.15, 0.2) is 0 Å². The van der Waals surface area contributed by atoms with Crippen LogP contribution in [-0.2, 0) is 19.1 Å². The molecule has 1 N–H and O–H groups in total. The second kappa shape index (κ2) is 3.70. The molecular formula is C15H20O5. The van der Waals surface area contributed by atoms with Crippen molar-refractivity contribution in [2.75, 3.05) is 0 Å². The van der Waals surface area contributed by atoms with Crippen molar-refractivity contribution in [3.05, 3.63) is 0 Å². The molecule has 0 radical (unpaired) electrons. The Labute approximate surface area is 117 Å². The molecular weight excluding hydrogens is 260 g/mol. The van der Waals surface area contributed by atoms with Crippen LogP contribution in [0, 0.1) is 17.3 Å². The van der Waals surface area contributed by atoms with Gasteiger partial charge >= 0.3 is 5.97 Å². The van der Waals surface area contributed by atoms with Gasteiger partial charge in [-0.05, 0) is 33.1 Å². The highest BCUT2D eigenvalue weighted by molar-refractivity contribution is 6.05. The fourth-order valence-corrected chi connectivity index (χ4v) is 4.44. The summed E-state index contributed by atoms with van der Waals surface area (Å²) in [6, 6.07) is 0. The van der Waals surface area contributed by atoms with E-state index in [2.05, 4.69) is 0 Å². The monoisotopic (exact) mass is 280 g/mol. The Kier molecular flexibility index (Phi) is 2.54. The highest BCUT2D eigenvalue weighted by atomic mass is 16.6. The Balaban J connectivity index is 2.02. The number of carboxylic acids is 1. The highest BCUT2D eigenvalue weighted by Crippen LogP contribution is 2.69. The number of Topliss-reactive ketones (excluding diaryl/α,β-unsaturated/α-hetero) is 2. The van der Waals surface area contributed by atoms with Crippen LogP contribution in [-0.4, -0.2) is 33.8 Å². The molecule has 2 aliphatic carbocycles. The summed E-state index contributed by atoms with van der Waals surface area (Å²) < 4.78 is 5.84. The van der Waals surface area contributed by atoms with Crippen LogP contribution in [0.4, 0.5) is 0 Å². The molecule has 5 nitrogen and oxygen atoms in total. The fraction of sp³-hybridized carbons (Fsp3) is 0.800. The maximum atomic E-state index is 12.9. The fourth-order valence-electron chi connectivity index (χ4n) is 4.44. The van der Waals surface area contributed by atoms with E-state index in [1.165, 1.54) is 0 Å². The molecule has 3 fully saturated rings. The third-order valence-corrected chi connectivity index (χ3v) is 5.94. The SMILES string of the molecule is C[C@H](C(=O)O)[C@@H]1CC[C@@]2(C)C(=O)CC[C@@]3(C)O[C@]32C1=O. The van der Waals surface area contributed by atoms with Gasteiger partial charge in [0.1, 0.15) is 11.4 Å². The molecule has 110 valence electrons. The predicted octanol–water partition coefficient (Wildman–Crippen LogP) is 1.58. The second-order valence-corrected chi connectivity index (χ2v) is 6.91. The lowest BCUT2D eigenvalue weighted by Gasteiger charge is -2.45. The van der Waals surface area contributed by atoms with E-state index in [1.54, 1.807) is 6.92 Å². The third-order valence-electron chi connectivity index (χ3n) is 5.94. The number of ether oxygens (including phenoxy) is 1. The van der Waals surface area contributed by atoms with Gasteiger partial charge in [-0.3, -0.25) is 14.4 Å². The first-order valence-electron chi connectivity index (χ1n) is 7.20. The van der Waals surface area contributed by atoms with E-state index in [9.17, 15) is 14.4 Å². The van der Waals surface area contributed by atoms with Crippen LogP contribution in [0.1, 0.15) is 46.5 Å². The zero-order valence-corrected chi connectivity index (χ0v) is 12.1. The Morgan fingerprint density at radius 1 is 1.35 bits per heavy atom. The number of ketones is 2. The van der Waals surface area contributed by atoms with E-state index in [4.69, 9.17) is 9.84 Å². The molecule has 0 unspecified atom stereocenters. The van der Waals surface area contributed by atoms with E-state index in [0.29, 0.717) is 25.7 Å². The van der Waals surface area contributed by atoms with E-state index in [-0.39, 0.29) is 11.6 Å². The Hall–Kier alpha value is -1.23. The van der Waals surface area contributed by atoms with Crippen molar-refractivity contribution in [2.24, 2.45) is 17.3 Å². The molecule has 3 aliphatic rings. The number of hydrogen-bond donors (Lipinski definition) is 1. The summed E-state index contributed by atoms with van der Waals surface area (Å²) in [5.74, 6) is -2.33. The normalized spacial score (nSPS) is 48.2. The first kappa shape index (κ1) is 13.7. The van der Waals surface area contributed by atoms with E-state index in [1.807, 2.05) is 13.8 Å². The van der Waals surface area contributed by atoms with Crippen molar-refractivity contribution in [1.82, 2.24) is 0 Å². The summed E-state index contributed by atoms with van der Waals surface area (Å²) in [7, 11) is 0. The largest absolute Gasteiger partial charge is 0.481 e. The molecule has 0 aromatic rings. The maximum Gasteiger partial charge on any atom is 0.306 e. The third kappa shape index (κ3) is 1.29. The van der Waals surface area contributed by atoms with Crippen molar-refractivity contribution >= 4 is 17.5 Å². The van der Waals surface area contributed by atoms with Gasteiger partial charge in [-0.25, -0.2) is 0 Å². The molecule has 1 aliphatic heterocycles. The molecule has 5 heteroatoms. The van der Waals surface area contributed by atoms with Gasteiger partial charge in [0.05, 0.1) is 11.3 Å². The quantitative estimate of drug-likeness (QED) is 0.776. The van der Waals surface area contributed by atoms with Gasteiger partial charge in [-0.2, -0.15) is 0 Å². The van der Waals surface area contributed by atoms with Crippen LogP contribution in [0.3, 0.4) is 0 Å². The van der Waals surface area contributed by atoms with Crippen LogP contribution < -0.4 is 0 Å². The first-order valence-corrected chi connectivity index (χ1v) is 7.20. The Morgan fingerprint density at radius 3 is 2.60 bits per heavy atom. The van der Waals surface area contributed by atoms with Crippen LogP contribution in [0.2, 0.25) is 0 Å². The molecule has 0 bridgehead atoms. The molecule has 2 saturated carbocycles. The smallest absolute Gasteiger partial charge is 0.306 e. The first-order chi connectivity index (χ1) is 9.19. The lowest BCUT2D eigenvalue weighted by Crippen LogP contribution is -2.60. The molecule has 1 spiro atoms. The van der Waals surface area contributed by atoms with E-state index < -0.39 is 34.4 Å². The van der Waals surface area contributed by atoms with Gasteiger partial charge < -0.3 is 9.84 Å². The molecule has 20 heavy (non-hydrogen) atoms. The predicted molar refractivity (Wildman–Crippen MR) is 69.1 cm³/mol. The van der Waals surface area contributed by atoms with E-state index >= 15 is 0 Å². The van der Waals surface area contributed by atoms with Gasteiger partial charge in [-0.1, -0.05) is 6.92 Å². The van der Waals surface area contributed by atoms with Crippen molar-refractivity contribution in [1.29, 1.82) is 0 Å². The minimum absolute atomic E-state index is 0.0854. The number of carboxylic acid groups (broad SMARTS) is 1. The summed E-state index contributed by atoms with van der Waals surface area (Å²) in [6.45, 7) is 5.26. The summed E-state index contributed by atoms with van der Waals surface area (Å²) in [5, 5.41) is 9.17. The second-order valence-electron chi connectivity index (χ2n) is 6.91. The minimum Gasteiger partial charge on any atom is -0.481 e. The number of epoxide rings is 1. The van der Waals surface area contributed by atoms with Gasteiger partial charge in [-0.15, -0.1) is 0 Å². The summed E-state index contributed by atoms with van der Waals surface area (Å²) in [6.07, 6.45) is 1.99. The van der Waals surface area contributed by atoms with Crippen molar-refractivity contribution in [3.63, 3.8) is 0 Å². The van der Waals surface area contributed by atoms with Gasteiger partial charge in [0.2, 0.25) is 0 Å². The van der Waals surface area contributed by atoms with Gasteiger partial charge in [0, 0.05) is 12.3 Å². The lowest BCUT2D eigenvalue weighted by molar-refractivity contribution is -0.156. The summed E-state index contributed by atoms with van der Waals surface area (Å²) >= 11 is 0. The van der Waals surface area contributed by atoms with E-state index in [0.717, 1.165) is 0 Å². The molecule has 0 aromatic heterocycles. The molecule has 0 aromatic carbocycles. The zero-order chi connectivity index (χ0) is 14.9. The molecule has 1 heterocycles. The molecule has 0 amide bonds. The number of hydrogen-bond acceptors (Lipinski definition) is 4. The van der Waals surface area contributed by atoms with Crippen LogP contribution in [0.5, 0.6) is 0 Å². The minimum atomic E-state index is -1.07.